The van der Waals surface area contributed by atoms with Crippen molar-refractivity contribution in [3.05, 3.63) is 0 Å². The molecule has 0 aliphatic carbocycles. The fourth-order valence-electron chi connectivity index (χ4n) is 2.09. The predicted octanol–water partition coefficient (Wildman–Crippen LogP) is -5.41. The van der Waals surface area contributed by atoms with Gasteiger partial charge in [-0.25, -0.2) is 4.79 Å². The molecular formula is C17H28N6O10. The van der Waals surface area contributed by atoms with Gasteiger partial charge in [-0.1, -0.05) is 0 Å². The van der Waals surface area contributed by atoms with Gasteiger partial charge in [0.15, 0.2) is 0 Å². The van der Waals surface area contributed by atoms with Crippen LogP contribution in [0.3, 0.4) is 0 Å². The van der Waals surface area contributed by atoms with E-state index in [-0.39, 0.29) is 0 Å². The van der Waals surface area contributed by atoms with E-state index in [1.807, 2.05) is 5.32 Å². The Balaban J connectivity index is 4.42. The summed E-state index contributed by atoms with van der Waals surface area (Å²) in [7, 11) is 0. The molecule has 0 fully saturated rings. The Kier molecular flexibility index (Phi) is 12.7. The van der Waals surface area contributed by atoms with Crippen molar-refractivity contribution in [3.8, 4) is 0 Å². The zero-order valence-electron chi connectivity index (χ0n) is 17.9. The van der Waals surface area contributed by atoms with E-state index in [2.05, 4.69) is 21.3 Å². The summed E-state index contributed by atoms with van der Waals surface area (Å²) in [4.78, 5) is 80.4. The molecule has 0 saturated heterocycles. The number of nitrogens with one attached hydrogen (secondary N) is 5. The molecule has 0 rings (SSSR count). The third kappa shape index (κ3) is 12.0. The molecule has 0 aromatic rings. The average Bonchev–Trinajstić information content (AvgIpc) is 2.73. The number of hydrogen-bond donors (Lipinski definition) is 9. The van der Waals surface area contributed by atoms with Crippen LogP contribution in [0, 0.1) is 0 Å². The van der Waals surface area contributed by atoms with E-state index >= 15 is 0 Å². The van der Waals surface area contributed by atoms with Gasteiger partial charge in [-0.05, 0) is 13.8 Å². The van der Waals surface area contributed by atoms with Gasteiger partial charge in [0, 0.05) is 0 Å². The summed E-state index contributed by atoms with van der Waals surface area (Å²) in [5.41, 5.74) is 5.30. The molecule has 10 N–H and O–H groups in total. The highest BCUT2D eigenvalue weighted by Gasteiger charge is 2.24. The molecule has 186 valence electrons. The first-order valence-electron chi connectivity index (χ1n) is 9.54. The van der Waals surface area contributed by atoms with Crippen LogP contribution in [0.5, 0.6) is 0 Å². The maximum atomic E-state index is 12.0. The molecular weight excluding hydrogens is 448 g/mol. The molecule has 0 bridgehead atoms. The first-order chi connectivity index (χ1) is 15.3. The normalized spacial score (nSPS) is 13.9. The lowest BCUT2D eigenvalue weighted by atomic mass is 10.2. The molecule has 16 nitrogen and oxygen atoms in total. The number of amides is 5. The number of hydrogen-bond acceptors (Lipinski definition) is 9. The van der Waals surface area contributed by atoms with Crippen LogP contribution >= 0.6 is 0 Å². The summed E-state index contributed by atoms with van der Waals surface area (Å²) in [6.07, 6.45) is -0.857. The molecule has 4 atom stereocenters. The lowest BCUT2D eigenvalue weighted by Crippen LogP contribution is -2.53. The topological polar surface area (TPSA) is 266 Å². The number of aliphatic hydroxyl groups is 1. The molecule has 0 spiro atoms. The van der Waals surface area contributed by atoms with Crippen molar-refractivity contribution in [2.75, 3.05) is 19.7 Å². The van der Waals surface area contributed by atoms with Crippen LogP contribution in [0.4, 0.5) is 0 Å². The van der Waals surface area contributed by atoms with Crippen LogP contribution in [0.2, 0.25) is 0 Å². The van der Waals surface area contributed by atoms with E-state index in [4.69, 9.17) is 21.1 Å². The van der Waals surface area contributed by atoms with Crippen molar-refractivity contribution in [3.63, 3.8) is 0 Å². The molecule has 0 heterocycles. The summed E-state index contributed by atoms with van der Waals surface area (Å²) >= 11 is 0. The highest BCUT2D eigenvalue weighted by Crippen LogP contribution is 1.93. The van der Waals surface area contributed by atoms with E-state index in [1.165, 1.54) is 13.8 Å². The largest absolute Gasteiger partial charge is 0.481 e. The minimum absolute atomic E-state index is 0.543. The van der Waals surface area contributed by atoms with Gasteiger partial charge in [-0.15, -0.1) is 0 Å². The fraction of sp³-hybridized carbons (Fsp3) is 0.588. The number of carboxylic acid groups (broad SMARTS) is 2. The Morgan fingerprint density at radius 1 is 0.758 bits per heavy atom. The molecule has 33 heavy (non-hydrogen) atoms. The van der Waals surface area contributed by atoms with Crippen molar-refractivity contribution in [1.29, 1.82) is 0 Å². The number of carboxylic acids is 2. The standard InChI is InChI=1S/C17H28N6O10/c1-7(14(29)20-5-12(26)23-10(17(32)33)3-13(27)28)21-11(25)4-19-15(30)8(2)22-16(31)9(18)6-24/h7-10,24H,3-6,18H2,1-2H3,(H,19,30)(H,20,29)(H,21,25)(H,22,31)(H,23,26)(H,27,28)(H,32,33)/t7-,8-,9-,10-/m0/s1. The summed E-state index contributed by atoms with van der Waals surface area (Å²) in [5.74, 6) is -7.05. The Hall–Kier alpha value is -3.79. The average molecular weight is 476 g/mol. The second-order valence-electron chi connectivity index (χ2n) is 6.80. The van der Waals surface area contributed by atoms with Gasteiger partial charge in [-0.3, -0.25) is 28.8 Å². The zero-order chi connectivity index (χ0) is 25.7. The van der Waals surface area contributed by atoms with Crippen LogP contribution < -0.4 is 32.3 Å². The van der Waals surface area contributed by atoms with Crippen LogP contribution in [0.1, 0.15) is 20.3 Å². The third-order valence-electron chi connectivity index (χ3n) is 3.91. The zero-order valence-corrected chi connectivity index (χ0v) is 17.9. The minimum atomic E-state index is -1.68. The number of carbonyl (C=O) groups excluding carboxylic acids is 5. The highest BCUT2D eigenvalue weighted by atomic mass is 16.4. The molecule has 0 radical (unpaired) electrons. The first-order valence-corrected chi connectivity index (χ1v) is 9.54. The van der Waals surface area contributed by atoms with Crippen molar-refractivity contribution >= 4 is 41.5 Å². The lowest BCUT2D eigenvalue weighted by molar-refractivity contribution is -0.147. The third-order valence-corrected chi connectivity index (χ3v) is 3.91. The summed E-state index contributed by atoms with van der Waals surface area (Å²) in [6, 6.07) is -5.09. The minimum Gasteiger partial charge on any atom is -0.481 e. The number of aliphatic hydroxyl groups excluding tert-OH is 1. The smallest absolute Gasteiger partial charge is 0.326 e. The molecule has 0 aliphatic heterocycles. The molecule has 0 aliphatic rings. The molecule has 0 aromatic heterocycles. The van der Waals surface area contributed by atoms with Gasteiger partial charge < -0.3 is 47.6 Å². The lowest BCUT2D eigenvalue weighted by Gasteiger charge is -2.17. The molecule has 5 amide bonds. The Bertz CT molecular complexity index is 773. The van der Waals surface area contributed by atoms with Crippen molar-refractivity contribution in [2.24, 2.45) is 5.73 Å². The maximum Gasteiger partial charge on any atom is 0.326 e. The number of rotatable bonds is 14. The Morgan fingerprint density at radius 3 is 1.64 bits per heavy atom. The van der Waals surface area contributed by atoms with Gasteiger partial charge in [0.2, 0.25) is 29.5 Å². The van der Waals surface area contributed by atoms with Crippen LogP contribution in [0.15, 0.2) is 0 Å². The second-order valence-corrected chi connectivity index (χ2v) is 6.80. The van der Waals surface area contributed by atoms with E-state index in [0.29, 0.717) is 0 Å². The maximum absolute atomic E-state index is 12.0. The fourth-order valence-corrected chi connectivity index (χ4v) is 2.09. The molecule has 0 unspecified atom stereocenters. The Labute approximate surface area is 187 Å². The van der Waals surface area contributed by atoms with E-state index < -0.39 is 91.8 Å². The number of aliphatic carboxylic acids is 2. The summed E-state index contributed by atoms with van der Waals surface area (Å²) in [6.45, 7) is 0.760. The first kappa shape index (κ1) is 29.2. The molecule has 16 heteroatoms. The van der Waals surface area contributed by atoms with Gasteiger partial charge in [-0.2, -0.15) is 0 Å². The van der Waals surface area contributed by atoms with Crippen LogP contribution in [-0.2, 0) is 33.6 Å². The van der Waals surface area contributed by atoms with Crippen LogP contribution in [-0.4, -0.2) is 101 Å². The number of nitrogens with two attached hydrogens (primary N) is 1. The van der Waals surface area contributed by atoms with Gasteiger partial charge in [0.1, 0.15) is 24.2 Å². The SMILES string of the molecule is C[C@H](NC(=O)CNC(=O)[C@H](C)NC(=O)[C@@H](N)CO)C(=O)NCC(=O)N[C@@H](CC(=O)O)C(=O)O. The van der Waals surface area contributed by atoms with Gasteiger partial charge >= 0.3 is 11.9 Å². The van der Waals surface area contributed by atoms with Crippen LogP contribution in [0.25, 0.3) is 0 Å². The number of carbonyl (C=O) groups is 7. The quantitative estimate of drug-likeness (QED) is 0.114. The van der Waals surface area contributed by atoms with Crippen molar-refractivity contribution < 1.29 is 48.9 Å². The second kappa shape index (κ2) is 14.3. The van der Waals surface area contributed by atoms with Crippen molar-refractivity contribution in [1.82, 2.24) is 26.6 Å². The Morgan fingerprint density at radius 2 is 1.21 bits per heavy atom. The predicted molar refractivity (Wildman–Crippen MR) is 108 cm³/mol. The monoisotopic (exact) mass is 476 g/mol. The summed E-state index contributed by atoms with van der Waals surface area (Å²) in [5, 5.41) is 37.0. The van der Waals surface area contributed by atoms with Gasteiger partial charge in [0.25, 0.3) is 0 Å². The van der Waals surface area contributed by atoms with E-state index in [0.717, 1.165) is 0 Å². The van der Waals surface area contributed by atoms with Crippen molar-refractivity contribution in [2.45, 2.75) is 44.4 Å². The highest BCUT2D eigenvalue weighted by molar-refractivity contribution is 5.94. The molecule has 0 saturated carbocycles. The molecule has 0 aromatic carbocycles. The van der Waals surface area contributed by atoms with E-state index in [1.54, 1.807) is 0 Å². The summed E-state index contributed by atoms with van der Waals surface area (Å²) < 4.78 is 0. The van der Waals surface area contributed by atoms with E-state index in [9.17, 15) is 33.6 Å². The van der Waals surface area contributed by atoms with Gasteiger partial charge in [0.05, 0.1) is 26.1 Å².